The summed E-state index contributed by atoms with van der Waals surface area (Å²) in [4.78, 5) is 17.4. The minimum atomic E-state index is 0.508. The molecule has 1 heterocycles. The fraction of sp³-hybridized carbons (Fsp3) is 0.235. The molecule has 0 amide bonds. The summed E-state index contributed by atoms with van der Waals surface area (Å²) in [6.45, 7) is 5.38. The molecule has 21 heavy (non-hydrogen) atoms. The Morgan fingerprint density at radius 3 is 2.76 bits per heavy atom. The third-order valence-electron chi connectivity index (χ3n) is 3.30. The summed E-state index contributed by atoms with van der Waals surface area (Å²) in [7, 11) is 0. The van der Waals surface area contributed by atoms with Gasteiger partial charge in [-0.3, -0.25) is 9.78 Å². The number of benzene rings is 1. The molecule has 0 N–H and O–H groups in total. The SMILES string of the molecule is CCN(Cc1cccc(C)n1)c1ccc(C=O)cc1C#N. The van der Waals surface area contributed by atoms with Crippen molar-refractivity contribution in [2.24, 2.45) is 0 Å². The summed E-state index contributed by atoms with van der Waals surface area (Å²) >= 11 is 0. The first-order valence-electron chi connectivity index (χ1n) is 6.84. The zero-order chi connectivity index (χ0) is 15.2. The number of anilines is 1. The van der Waals surface area contributed by atoms with Gasteiger partial charge in [0.05, 0.1) is 23.5 Å². The van der Waals surface area contributed by atoms with Crippen LogP contribution in [0.2, 0.25) is 0 Å². The molecule has 0 spiro atoms. The Hall–Kier alpha value is -2.67. The quantitative estimate of drug-likeness (QED) is 0.789. The highest BCUT2D eigenvalue weighted by atomic mass is 16.1. The molecular formula is C17H17N3O. The molecule has 0 fully saturated rings. The molecule has 2 aromatic rings. The lowest BCUT2D eigenvalue weighted by Crippen LogP contribution is -2.23. The second-order valence-electron chi connectivity index (χ2n) is 4.79. The van der Waals surface area contributed by atoms with Crippen molar-refractivity contribution >= 4 is 12.0 Å². The van der Waals surface area contributed by atoms with E-state index in [9.17, 15) is 10.1 Å². The van der Waals surface area contributed by atoms with Gasteiger partial charge >= 0.3 is 0 Å². The van der Waals surface area contributed by atoms with Gasteiger partial charge in [-0.05, 0) is 44.2 Å². The first kappa shape index (κ1) is 14.7. The molecule has 0 atom stereocenters. The number of hydrogen-bond donors (Lipinski definition) is 0. The van der Waals surface area contributed by atoms with Gasteiger partial charge < -0.3 is 4.90 Å². The topological polar surface area (TPSA) is 57.0 Å². The Morgan fingerprint density at radius 2 is 2.14 bits per heavy atom. The normalized spacial score (nSPS) is 9.95. The Bertz CT molecular complexity index is 689. The number of hydrogen-bond acceptors (Lipinski definition) is 4. The highest BCUT2D eigenvalue weighted by Crippen LogP contribution is 2.22. The van der Waals surface area contributed by atoms with Crippen LogP contribution in [0.25, 0.3) is 0 Å². The fourth-order valence-corrected chi connectivity index (χ4v) is 2.24. The van der Waals surface area contributed by atoms with E-state index in [4.69, 9.17) is 0 Å². The number of nitriles is 1. The van der Waals surface area contributed by atoms with Gasteiger partial charge in [-0.15, -0.1) is 0 Å². The van der Waals surface area contributed by atoms with Crippen molar-refractivity contribution in [3.05, 3.63) is 58.9 Å². The molecule has 0 saturated carbocycles. The molecule has 0 saturated heterocycles. The number of nitrogens with zero attached hydrogens (tertiary/aromatic N) is 3. The molecule has 2 rings (SSSR count). The van der Waals surface area contributed by atoms with E-state index in [1.807, 2.05) is 38.1 Å². The Balaban J connectivity index is 2.33. The van der Waals surface area contributed by atoms with Crippen LogP contribution in [-0.4, -0.2) is 17.8 Å². The molecule has 0 aliphatic carbocycles. The van der Waals surface area contributed by atoms with Crippen LogP contribution in [0.5, 0.6) is 0 Å². The summed E-state index contributed by atoms with van der Waals surface area (Å²) in [6.07, 6.45) is 0.753. The van der Waals surface area contributed by atoms with Gasteiger partial charge in [0.2, 0.25) is 0 Å². The molecule has 1 aromatic heterocycles. The van der Waals surface area contributed by atoms with Crippen molar-refractivity contribution in [1.29, 1.82) is 5.26 Å². The van der Waals surface area contributed by atoms with Crippen LogP contribution in [0.15, 0.2) is 36.4 Å². The lowest BCUT2D eigenvalue weighted by molar-refractivity contribution is 0.112. The van der Waals surface area contributed by atoms with Gasteiger partial charge in [-0.2, -0.15) is 5.26 Å². The van der Waals surface area contributed by atoms with Crippen LogP contribution in [0.1, 0.15) is 34.2 Å². The van der Waals surface area contributed by atoms with Crippen molar-refractivity contribution in [3.8, 4) is 6.07 Å². The fourth-order valence-electron chi connectivity index (χ4n) is 2.24. The van der Waals surface area contributed by atoms with E-state index in [0.29, 0.717) is 17.7 Å². The molecule has 4 heteroatoms. The Labute approximate surface area is 124 Å². The van der Waals surface area contributed by atoms with Crippen LogP contribution in [0.4, 0.5) is 5.69 Å². The van der Waals surface area contributed by atoms with E-state index in [0.717, 1.165) is 29.9 Å². The van der Waals surface area contributed by atoms with Crippen LogP contribution < -0.4 is 4.90 Å². The zero-order valence-corrected chi connectivity index (χ0v) is 12.2. The standard InChI is InChI=1S/C17H17N3O/c1-3-20(11-16-6-4-5-13(2)19-16)17-8-7-14(12-21)9-15(17)10-18/h4-9,12H,3,11H2,1-2H3. The number of rotatable bonds is 5. The monoisotopic (exact) mass is 279 g/mol. The summed E-state index contributed by atoms with van der Waals surface area (Å²) in [5.41, 5.74) is 3.78. The van der Waals surface area contributed by atoms with E-state index in [1.54, 1.807) is 12.1 Å². The van der Waals surface area contributed by atoms with Crippen molar-refractivity contribution in [3.63, 3.8) is 0 Å². The molecule has 106 valence electrons. The Morgan fingerprint density at radius 1 is 1.33 bits per heavy atom. The average molecular weight is 279 g/mol. The number of pyridine rings is 1. The number of aldehydes is 1. The maximum absolute atomic E-state index is 10.8. The van der Waals surface area contributed by atoms with Gasteiger partial charge in [0.1, 0.15) is 12.4 Å². The van der Waals surface area contributed by atoms with Crippen LogP contribution in [0, 0.1) is 18.3 Å². The molecule has 4 nitrogen and oxygen atoms in total. The first-order chi connectivity index (χ1) is 10.2. The van der Waals surface area contributed by atoms with Crippen molar-refractivity contribution in [1.82, 2.24) is 4.98 Å². The molecule has 0 radical (unpaired) electrons. The van der Waals surface area contributed by atoms with Crippen LogP contribution in [-0.2, 0) is 6.54 Å². The summed E-state index contributed by atoms with van der Waals surface area (Å²) < 4.78 is 0. The van der Waals surface area contributed by atoms with Crippen molar-refractivity contribution in [2.45, 2.75) is 20.4 Å². The van der Waals surface area contributed by atoms with Crippen LogP contribution in [0.3, 0.4) is 0 Å². The van der Waals surface area contributed by atoms with Gasteiger partial charge in [-0.1, -0.05) is 6.07 Å². The average Bonchev–Trinajstić information content (AvgIpc) is 2.52. The highest BCUT2D eigenvalue weighted by Gasteiger charge is 2.12. The molecule has 1 aromatic carbocycles. The van der Waals surface area contributed by atoms with E-state index in [1.165, 1.54) is 0 Å². The van der Waals surface area contributed by atoms with E-state index < -0.39 is 0 Å². The van der Waals surface area contributed by atoms with E-state index >= 15 is 0 Å². The first-order valence-corrected chi connectivity index (χ1v) is 6.84. The summed E-state index contributed by atoms with van der Waals surface area (Å²) in [5, 5.41) is 9.28. The van der Waals surface area contributed by atoms with Crippen molar-refractivity contribution < 1.29 is 4.79 Å². The van der Waals surface area contributed by atoms with Gasteiger partial charge in [0, 0.05) is 17.8 Å². The lowest BCUT2D eigenvalue weighted by atomic mass is 10.1. The third kappa shape index (κ3) is 3.46. The number of aromatic nitrogens is 1. The Kier molecular flexibility index (Phi) is 4.68. The predicted molar refractivity (Wildman–Crippen MR) is 82.2 cm³/mol. The maximum Gasteiger partial charge on any atom is 0.150 e. The van der Waals surface area contributed by atoms with Gasteiger partial charge in [0.15, 0.2) is 0 Å². The van der Waals surface area contributed by atoms with Gasteiger partial charge in [-0.25, -0.2) is 0 Å². The summed E-state index contributed by atoms with van der Waals surface area (Å²) in [5.74, 6) is 0. The minimum absolute atomic E-state index is 0.508. The van der Waals surface area contributed by atoms with Gasteiger partial charge in [0.25, 0.3) is 0 Å². The third-order valence-corrected chi connectivity index (χ3v) is 3.30. The van der Waals surface area contributed by atoms with Crippen LogP contribution >= 0.6 is 0 Å². The minimum Gasteiger partial charge on any atom is -0.365 e. The number of carbonyl (C=O) groups excluding carboxylic acids is 1. The molecule has 0 aliphatic heterocycles. The molecule has 0 unspecified atom stereocenters. The largest absolute Gasteiger partial charge is 0.365 e. The van der Waals surface area contributed by atoms with E-state index in [-0.39, 0.29) is 0 Å². The number of carbonyl (C=O) groups is 1. The summed E-state index contributed by atoms with van der Waals surface area (Å²) in [6, 6.07) is 13.2. The highest BCUT2D eigenvalue weighted by molar-refractivity contribution is 5.78. The second-order valence-corrected chi connectivity index (χ2v) is 4.79. The molecule has 0 bridgehead atoms. The predicted octanol–water partition coefficient (Wildman–Crippen LogP) is 3.10. The lowest BCUT2D eigenvalue weighted by Gasteiger charge is -2.24. The second kappa shape index (κ2) is 6.67. The van der Waals surface area contributed by atoms with Crippen molar-refractivity contribution in [2.75, 3.05) is 11.4 Å². The zero-order valence-electron chi connectivity index (χ0n) is 12.2. The molecule has 0 aliphatic rings. The van der Waals surface area contributed by atoms with E-state index in [2.05, 4.69) is 16.0 Å². The number of aryl methyl sites for hydroxylation is 1. The maximum atomic E-state index is 10.8. The smallest absolute Gasteiger partial charge is 0.150 e. The molecular weight excluding hydrogens is 262 g/mol.